The van der Waals surface area contributed by atoms with Crippen LogP contribution >= 0.6 is 0 Å². The molecule has 0 unspecified atom stereocenters. The van der Waals surface area contributed by atoms with Crippen molar-refractivity contribution in [3.8, 4) is 11.5 Å². The molecule has 2 amide bonds. The van der Waals surface area contributed by atoms with Crippen molar-refractivity contribution in [2.45, 2.75) is 25.4 Å². The molecule has 2 aliphatic heterocycles. The van der Waals surface area contributed by atoms with Crippen LogP contribution in [-0.4, -0.2) is 62.3 Å². The number of carbonyl (C=O) groups is 3. The molecule has 3 rings (SSSR count). The summed E-state index contributed by atoms with van der Waals surface area (Å²) in [5, 5.41) is 5.62. The number of benzene rings is 1. The molecule has 0 spiro atoms. The highest BCUT2D eigenvalue weighted by Crippen LogP contribution is 2.34. The fraction of sp³-hybridized carbons (Fsp3) is 0.500. The first kappa shape index (κ1) is 19.0. The molecule has 146 valence electrons. The maximum absolute atomic E-state index is 12.5. The second-order valence-corrected chi connectivity index (χ2v) is 6.46. The topological polar surface area (TPSA) is 106 Å². The third-order valence-corrected chi connectivity index (χ3v) is 4.65. The van der Waals surface area contributed by atoms with E-state index in [2.05, 4.69) is 15.4 Å². The van der Waals surface area contributed by atoms with E-state index in [1.54, 1.807) is 4.90 Å². The van der Waals surface area contributed by atoms with Crippen molar-refractivity contribution in [1.29, 1.82) is 0 Å². The number of hydrogen-bond donors (Lipinski definition) is 2. The molecule has 9 heteroatoms. The molecule has 2 atom stereocenters. The molecule has 2 aliphatic rings. The quantitative estimate of drug-likeness (QED) is 0.670. The highest BCUT2D eigenvalue weighted by molar-refractivity contribution is 5.88. The molecular formula is C18H23N3O6. The van der Waals surface area contributed by atoms with E-state index in [1.807, 2.05) is 25.1 Å². The molecule has 2 N–H and O–H groups in total. The van der Waals surface area contributed by atoms with Crippen LogP contribution < -0.4 is 20.1 Å². The van der Waals surface area contributed by atoms with Crippen molar-refractivity contribution in [1.82, 2.24) is 15.5 Å². The first-order chi connectivity index (χ1) is 13.0. The standard InChI is InChI=1S/C18H23N3O6/c1-11(12-3-4-14-15(7-12)27-10-26-14)20-16(22)9-21-6-5-19-18(24)13(21)8-17(23)25-2/h3-4,7,11,13H,5-6,8-10H2,1-2H3,(H,19,24)(H,20,22)/t11-,13-/m1/s1. The lowest BCUT2D eigenvalue weighted by atomic mass is 10.1. The van der Waals surface area contributed by atoms with Crippen LogP contribution in [0.5, 0.6) is 11.5 Å². The van der Waals surface area contributed by atoms with E-state index in [1.165, 1.54) is 7.11 Å². The van der Waals surface area contributed by atoms with Gasteiger partial charge in [-0.15, -0.1) is 0 Å². The van der Waals surface area contributed by atoms with Gasteiger partial charge in [-0.05, 0) is 24.6 Å². The average molecular weight is 377 g/mol. The minimum absolute atomic E-state index is 0.0178. The minimum atomic E-state index is -0.710. The molecule has 9 nitrogen and oxygen atoms in total. The third-order valence-electron chi connectivity index (χ3n) is 4.65. The number of esters is 1. The minimum Gasteiger partial charge on any atom is -0.469 e. The summed E-state index contributed by atoms with van der Waals surface area (Å²) >= 11 is 0. The van der Waals surface area contributed by atoms with Gasteiger partial charge in [0.05, 0.1) is 26.1 Å². The van der Waals surface area contributed by atoms with Gasteiger partial charge in [0.1, 0.15) is 6.04 Å². The Bertz CT molecular complexity index is 738. The predicted octanol–water partition coefficient (Wildman–Crippen LogP) is -0.0440. The number of fused-ring (bicyclic) bond motifs is 1. The van der Waals surface area contributed by atoms with Crippen molar-refractivity contribution in [3.05, 3.63) is 23.8 Å². The zero-order valence-electron chi connectivity index (χ0n) is 15.3. The van der Waals surface area contributed by atoms with Gasteiger partial charge in [-0.2, -0.15) is 0 Å². The Morgan fingerprint density at radius 1 is 1.37 bits per heavy atom. The van der Waals surface area contributed by atoms with Crippen LogP contribution in [0.25, 0.3) is 0 Å². The summed E-state index contributed by atoms with van der Waals surface area (Å²) in [6.45, 7) is 2.99. The van der Waals surface area contributed by atoms with E-state index >= 15 is 0 Å². The smallest absolute Gasteiger partial charge is 0.307 e. The summed E-state index contributed by atoms with van der Waals surface area (Å²) in [5.74, 6) is 0.339. The number of ether oxygens (including phenoxy) is 3. The van der Waals surface area contributed by atoms with Crippen LogP contribution in [0.1, 0.15) is 24.9 Å². The van der Waals surface area contributed by atoms with Gasteiger partial charge in [0.25, 0.3) is 0 Å². The van der Waals surface area contributed by atoms with Crippen LogP contribution in [0.3, 0.4) is 0 Å². The van der Waals surface area contributed by atoms with Gasteiger partial charge in [-0.25, -0.2) is 0 Å². The number of nitrogens with zero attached hydrogens (tertiary/aromatic N) is 1. The molecule has 2 heterocycles. The first-order valence-corrected chi connectivity index (χ1v) is 8.75. The summed E-state index contributed by atoms with van der Waals surface area (Å²) in [7, 11) is 1.27. The molecule has 0 aromatic heterocycles. The average Bonchev–Trinajstić information content (AvgIpc) is 3.12. The molecule has 0 bridgehead atoms. The molecule has 1 fully saturated rings. The number of nitrogens with one attached hydrogen (secondary N) is 2. The van der Waals surface area contributed by atoms with Crippen LogP contribution in [0.2, 0.25) is 0 Å². The summed E-state index contributed by atoms with van der Waals surface area (Å²) < 4.78 is 15.3. The molecular weight excluding hydrogens is 354 g/mol. The van der Waals surface area contributed by atoms with Crippen molar-refractivity contribution in [2.75, 3.05) is 33.5 Å². The van der Waals surface area contributed by atoms with Crippen LogP contribution in [0.15, 0.2) is 18.2 Å². The van der Waals surface area contributed by atoms with Crippen molar-refractivity contribution in [3.63, 3.8) is 0 Å². The van der Waals surface area contributed by atoms with Crippen LogP contribution in [0, 0.1) is 0 Å². The predicted molar refractivity (Wildman–Crippen MR) is 94.1 cm³/mol. The van der Waals surface area contributed by atoms with E-state index in [0.717, 1.165) is 5.56 Å². The number of methoxy groups -OCH3 is 1. The summed E-state index contributed by atoms with van der Waals surface area (Å²) in [5.41, 5.74) is 0.884. The normalized spacial score (nSPS) is 19.9. The Morgan fingerprint density at radius 3 is 2.93 bits per heavy atom. The first-order valence-electron chi connectivity index (χ1n) is 8.75. The summed E-state index contributed by atoms with van der Waals surface area (Å²) in [6, 6.07) is 4.55. The summed E-state index contributed by atoms with van der Waals surface area (Å²) in [6.07, 6.45) is -0.0900. The van der Waals surface area contributed by atoms with Crippen LogP contribution in [0.4, 0.5) is 0 Å². The summed E-state index contributed by atoms with van der Waals surface area (Å²) in [4.78, 5) is 37.8. The lowest BCUT2D eigenvalue weighted by Crippen LogP contribution is -2.58. The Labute approximate surface area is 156 Å². The lowest BCUT2D eigenvalue weighted by Gasteiger charge is -2.34. The SMILES string of the molecule is COC(=O)C[C@@H]1C(=O)NCCN1CC(=O)N[C@H](C)c1ccc2c(c1)OCO2. The fourth-order valence-electron chi connectivity index (χ4n) is 3.15. The molecule has 1 aromatic carbocycles. The zero-order chi connectivity index (χ0) is 19.4. The Morgan fingerprint density at radius 2 is 2.15 bits per heavy atom. The van der Waals surface area contributed by atoms with Gasteiger partial charge in [-0.3, -0.25) is 19.3 Å². The second-order valence-electron chi connectivity index (χ2n) is 6.46. The van der Waals surface area contributed by atoms with E-state index in [4.69, 9.17) is 9.47 Å². The second kappa shape index (κ2) is 8.26. The van der Waals surface area contributed by atoms with Crippen LogP contribution in [-0.2, 0) is 19.1 Å². The third kappa shape index (κ3) is 4.48. The highest BCUT2D eigenvalue weighted by atomic mass is 16.7. The number of carbonyl (C=O) groups excluding carboxylic acids is 3. The zero-order valence-corrected chi connectivity index (χ0v) is 15.3. The molecule has 0 aliphatic carbocycles. The van der Waals surface area contributed by atoms with Gasteiger partial charge in [0.2, 0.25) is 18.6 Å². The van der Waals surface area contributed by atoms with Gasteiger partial charge in [0.15, 0.2) is 11.5 Å². The van der Waals surface area contributed by atoms with Gasteiger partial charge < -0.3 is 24.8 Å². The number of hydrogen-bond acceptors (Lipinski definition) is 7. The van der Waals surface area contributed by atoms with Crippen molar-refractivity contribution >= 4 is 17.8 Å². The molecule has 0 saturated carbocycles. The van der Waals surface area contributed by atoms with Gasteiger partial charge in [-0.1, -0.05) is 6.07 Å². The van der Waals surface area contributed by atoms with E-state index in [-0.39, 0.29) is 37.6 Å². The lowest BCUT2D eigenvalue weighted by molar-refractivity contribution is -0.146. The van der Waals surface area contributed by atoms with E-state index in [9.17, 15) is 14.4 Å². The maximum atomic E-state index is 12.5. The van der Waals surface area contributed by atoms with Crippen molar-refractivity contribution in [2.24, 2.45) is 0 Å². The molecule has 1 aromatic rings. The molecule has 1 saturated heterocycles. The Hall–Kier alpha value is -2.81. The maximum Gasteiger partial charge on any atom is 0.307 e. The monoisotopic (exact) mass is 377 g/mol. The highest BCUT2D eigenvalue weighted by Gasteiger charge is 2.33. The van der Waals surface area contributed by atoms with Gasteiger partial charge >= 0.3 is 5.97 Å². The largest absolute Gasteiger partial charge is 0.469 e. The number of amides is 2. The number of piperazine rings is 1. The van der Waals surface area contributed by atoms with E-state index < -0.39 is 12.0 Å². The van der Waals surface area contributed by atoms with Crippen molar-refractivity contribution < 1.29 is 28.6 Å². The fourth-order valence-corrected chi connectivity index (χ4v) is 3.15. The van der Waals surface area contributed by atoms with Gasteiger partial charge in [0, 0.05) is 13.1 Å². The number of rotatable bonds is 6. The Balaban J connectivity index is 1.60. The Kier molecular flexibility index (Phi) is 5.80. The van der Waals surface area contributed by atoms with E-state index in [0.29, 0.717) is 24.6 Å². The molecule has 0 radical (unpaired) electrons. The molecule has 27 heavy (non-hydrogen) atoms.